The Balaban J connectivity index is 2.05. The molecule has 18 heavy (non-hydrogen) atoms. The van der Waals surface area contributed by atoms with Gasteiger partial charge in [0, 0.05) is 19.2 Å². The van der Waals surface area contributed by atoms with Gasteiger partial charge in [-0.25, -0.2) is 13.9 Å². The molecule has 0 aliphatic rings. The lowest BCUT2D eigenvalue weighted by molar-refractivity contribution is 0.0940. The van der Waals surface area contributed by atoms with Gasteiger partial charge in [0.1, 0.15) is 5.82 Å². The molecule has 1 amide bonds. The van der Waals surface area contributed by atoms with Crippen molar-refractivity contribution in [1.82, 2.24) is 20.1 Å². The van der Waals surface area contributed by atoms with Crippen molar-refractivity contribution in [2.75, 3.05) is 0 Å². The Kier molecular flexibility index (Phi) is 3.22. The molecular formula is C11H11FN4O2. The molecule has 0 unspecified atom stereocenters. The van der Waals surface area contributed by atoms with Gasteiger partial charge in [-0.2, -0.15) is 0 Å². The van der Waals surface area contributed by atoms with E-state index in [1.54, 1.807) is 18.2 Å². The summed E-state index contributed by atoms with van der Waals surface area (Å²) in [4.78, 5) is 25.0. The number of halogens is 1. The Labute approximate surface area is 101 Å². The summed E-state index contributed by atoms with van der Waals surface area (Å²) in [7, 11) is 1.42. The Bertz CT molecular complexity index is 632. The highest BCUT2D eigenvalue weighted by Gasteiger charge is 2.11. The first-order valence-electron chi connectivity index (χ1n) is 5.23. The molecule has 0 aliphatic heterocycles. The van der Waals surface area contributed by atoms with Crippen LogP contribution in [0.5, 0.6) is 0 Å². The minimum absolute atomic E-state index is 0.0319. The van der Waals surface area contributed by atoms with Crippen molar-refractivity contribution >= 4 is 5.91 Å². The molecular weight excluding hydrogens is 239 g/mol. The van der Waals surface area contributed by atoms with Gasteiger partial charge in [-0.3, -0.25) is 9.78 Å². The van der Waals surface area contributed by atoms with Crippen LogP contribution in [-0.2, 0) is 13.6 Å². The van der Waals surface area contributed by atoms with E-state index in [4.69, 9.17) is 0 Å². The fourth-order valence-electron chi connectivity index (χ4n) is 1.41. The number of benzene rings is 1. The number of carbonyl (C=O) groups is 1. The smallest absolute Gasteiger partial charge is 0.343 e. The zero-order chi connectivity index (χ0) is 13.1. The molecule has 0 saturated carbocycles. The summed E-state index contributed by atoms with van der Waals surface area (Å²) in [5.74, 6) is -1.05. The summed E-state index contributed by atoms with van der Waals surface area (Å²) in [6.07, 6.45) is 0. The number of amides is 1. The summed E-state index contributed by atoms with van der Waals surface area (Å²) in [5.41, 5.74) is -0.116. The van der Waals surface area contributed by atoms with Gasteiger partial charge in [-0.1, -0.05) is 18.2 Å². The van der Waals surface area contributed by atoms with Gasteiger partial charge in [0.2, 0.25) is 5.82 Å². The van der Waals surface area contributed by atoms with Gasteiger partial charge in [0.15, 0.2) is 0 Å². The van der Waals surface area contributed by atoms with E-state index in [1.165, 1.54) is 13.1 Å². The third-order valence-corrected chi connectivity index (χ3v) is 2.38. The molecule has 0 aliphatic carbocycles. The average Bonchev–Trinajstić information content (AvgIpc) is 2.68. The SMILES string of the molecule is Cn1nc(C(=O)NCc2ccccc2F)[nH]c1=O. The normalized spacial score (nSPS) is 10.3. The van der Waals surface area contributed by atoms with E-state index in [0.29, 0.717) is 5.56 Å². The quantitative estimate of drug-likeness (QED) is 0.815. The van der Waals surface area contributed by atoms with E-state index < -0.39 is 17.4 Å². The molecule has 2 N–H and O–H groups in total. The first-order chi connectivity index (χ1) is 8.58. The van der Waals surface area contributed by atoms with Crippen molar-refractivity contribution in [3.8, 4) is 0 Å². The summed E-state index contributed by atoms with van der Waals surface area (Å²) < 4.78 is 14.3. The maximum atomic E-state index is 13.3. The van der Waals surface area contributed by atoms with Crippen LogP contribution in [0.25, 0.3) is 0 Å². The highest BCUT2D eigenvalue weighted by molar-refractivity contribution is 5.90. The second kappa shape index (κ2) is 4.82. The number of aromatic amines is 1. The van der Waals surface area contributed by atoms with E-state index in [-0.39, 0.29) is 12.4 Å². The Morgan fingerprint density at radius 2 is 2.22 bits per heavy atom. The maximum Gasteiger partial charge on any atom is 0.343 e. The number of rotatable bonds is 3. The van der Waals surface area contributed by atoms with Gasteiger partial charge in [0.25, 0.3) is 5.91 Å². The molecule has 0 fully saturated rings. The number of hydrogen-bond donors (Lipinski definition) is 2. The minimum Gasteiger partial charge on any atom is -0.345 e. The van der Waals surface area contributed by atoms with Crippen LogP contribution < -0.4 is 11.0 Å². The minimum atomic E-state index is -0.559. The van der Waals surface area contributed by atoms with Crippen LogP contribution in [0.2, 0.25) is 0 Å². The lowest BCUT2D eigenvalue weighted by atomic mass is 10.2. The predicted octanol–water partition coefficient (Wildman–Crippen LogP) is 0.177. The molecule has 0 atom stereocenters. The van der Waals surface area contributed by atoms with E-state index in [0.717, 1.165) is 4.68 Å². The maximum absolute atomic E-state index is 13.3. The zero-order valence-electron chi connectivity index (χ0n) is 9.61. The van der Waals surface area contributed by atoms with Gasteiger partial charge >= 0.3 is 5.69 Å². The van der Waals surface area contributed by atoms with Gasteiger partial charge in [-0.05, 0) is 6.07 Å². The first kappa shape index (κ1) is 12.0. The predicted molar refractivity (Wildman–Crippen MR) is 61.4 cm³/mol. The highest BCUT2D eigenvalue weighted by Crippen LogP contribution is 2.05. The second-order valence-electron chi connectivity index (χ2n) is 3.68. The molecule has 94 valence electrons. The summed E-state index contributed by atoms with van der Waals surface area (Å²) in [6, 6.07) is 6.12. The van der Waals surface area contributed by atoms with E-state index in [2.05, 4.69) is 15.4 Å². The number of aryl methyl sites for hydroxylation is 1. The lowest BCUT2D eigenvalue weighted by Gasteiger charge is -2.03. The molecule has 1 aromatic carbocycles. The zero-order valence-corrected chi connectivity index (χ0v) is 9.61. The summed E-state index contributed by atoms with van der Waals surface area (Å²) in [5, 5.41) is 6.16. The molecule has 6 nitrogen and oxygen atoms in total. The van der Waals surface area contributed by atoms with Crippen LogP contribution in [0.15, 0.2) is 29.1 Å². The van der Waals surface area contributed by atoms with E-state index >= 15 is 0 Å². The van der Waals surface area contributed by atoms with Crippen molar-refractivity contribution in [2.45, 2.75) is 6.54 Å². The van der Waals surface area contributed by atoms with E-state index in [9.17, 15) is 14.0 Å². The van der Waals surface area contributed by atoms with Crippen LogP contribution in [-0.4, -0.2) is 20.7 Å². The van der Waals surface area contributed by atoms with Crippen molar-refractivity contribution < 1.29 is 9.18 Å². The number of carbonyl (C=O) groups excluding carboxylic acids is 1. The second-order valence-corrected chi connectivity index (χ2v) is 3.68. The number of aromatic nitrogens is 3. The first-order valence-corrected chi connectivity index (χ1v) is 5.23. The van der Waals surface area contributed by atoms with Crippen LogP contribution >= 0.6 is 0 Å². The van der Waals surface area contributed by atoms with Crippen molar-refractivity contribution in [2.24, 2.45) is 7.05 Å². The number of nitrogens with one attached hydrogen (secondary N) is 2. The highest BCUT2D eigenvalue weighted by atomic mass is 19.1. The molecule has 2 aromatic rings. The van der Waals surface area contributed by atoms with Crippen LogP contribution in [0.4, 0.5) is 4.39 Å². The molecule has 1 aromatic heterocycles. The van der Waals surface area contributed by atoms with Crippen LogP contribution in [0.3, 0.4) is 0 Å². The van der Waals surface area contributed by atoms with Crippen molar-refractivity contribution in [3.05, 3.63) is 52.0 Å². The molecule has 0 bridgehead atoms. The van der Waals surface area contributed by atoms with Gasteiger partial charge < -0.3 is 5.32 Å². The molecule has 2 rings (SSSR count). The van der Waals surface area contributed by atoms with Crippen molar-refractivity contribution in [3.63, 3.8) is 0 Å². The summed E-state index contributed by atoms with van der Waals surface area (Å²) in [6.45, 7) is 0.0319. The van der Waals surface area contributed by atoms with Gasteiger partial charge in [-0.15, -0.1) is 5.10 Å². The fourth-order valence-corrected chi connectivity index (χ4v) is 1.41. The molecule has 7 heteroatoms. The number of hydrogen-bond acceptors (Lipinski definition) is 3. The van der Waals surface area contributed by atoms with Crippen LogP contribution in [0.1, 0.15) is 16.2 Å². The molecule has 0 spiro atoms. The summed E-state index contributed by atoms with van der Waals surface area (Å²) >= 11 is 0. The van der Waals surface area contributed by atoms with Crippen LogP contribution in [0, 0.1) is 5.82 Å². The van der Waals surface area contributed by atoms with Gasteiger partial charge in [0.05, 0.1) is 0 Å². The number of nitrogens with zero attached hydrogens (tertiary/aromatic N) is 2. The van der Waals surface area contributed by atoms with E-state index in [1.807, 2.05) is 0 Å². The monoisotopic (exact) mass is 250 g/mol. The topological polar surface area (TPSA) is 79.8 Å². The third kappa shape index (κ3) is 2.45. The Hall–Kier alpha value is -2.44. The molecule has 1 heterocycles. The standard InChI is InChI=1S/C11H11FN4O2/c1-16-11(18)14-9(15-16)10(17)13-6-7-4-2-3-5-8(7)12/h2-5H,6H2,1H3,(H,13,17)(H,14,15,18). The Morgan fingerprint density at radius 3 is 2.83 bits per heavy atom. The Morgan fingerprint density at radius 1 is 1.50 bits per heavy atom. The largest absolute Gasteiger partial charge is 0.345 e. The number of H-pyrrole nitrogens is 1. The fraction of sp³-hybridized carbons (Fsp3) is 0.182. The van der Waals surface area contributed by atoms with Crippen molar-refractivity contribution in [1.29, 1.82) is 0 Å². The average molecular weight is 250 g/mol. The molecule has 0 radical (unpaired) electrons. The third-order valence-electron chi connectivity index (χ3n) is 2.38. The molecule has 0 saturated heterocycles. The lowest BCUT2D eigenvalue weighted by Crippen LogP contribution is -2.24.